The molecule has 0 aromatic heterocycles. The predicted octanol–water partition coefficient (Wildman–Crippen LogP) is 1.47. The zero-order valence-corrected chi connectivity index (χ0v) is 13.1. The third-order valence-electron chi connectivity index (χ3n) is 3.98. The molecule has 1 saturated carbocycles. The highest BCUT2D eigenvalue weighted by molar-refractivity contribution is 7.90. The minimum Gasteiger partial charge on any atom is -0.446 e. The second-order valence-electron chi connectivity index (χ2n) is 5.90. The SMILES string of the molecule is CCC(C)OC(=O)N1C[C@@H](NS(=O)(=O)C2CC2)C[C@H]1C. The molecule has 20 heavy (non-hydrogen) atoms. The van der Waals surface area contributed by atoms with Crippen LogP contribution in [0.25, 0.3) is 0 Å². The van der Waals surface area contributed by atoms with Crippen molar-refractivity contribution in [2.75, 3.05) is 6.54 Å². The Morgan fingerprint density at radius 3 is 2.65 bits per heavy atom. The van der Waals surface area contributed by atoms with E-state index in [-0.39, 0.29) is 29.5 Å². The minimum atomic E-state index is -3.20. The summed E-state index contributed by atoms with van der Waals surface area (Å²) in [7, 11) is -3.20. The van der Waals surface area contributed by atoms with Gasteiger partial charge in [-0.25, -0.2) is 17.9 Å². The zero-order valence-electron chi connectivity index (χ0n) is 12.3. The number of amides is 1. The molecule has 0 radical (unpaired) electrons. The van der Waals surface area contributed by atoms with E-state index in [9.17, 15) is 13.2 Å². The molecule has 1 saturated heterocycles. The van der Waals surface area contributed by atoms with Crippen LogP contribution < -0.4 is 4.72 Å². The number of nitrogens with one attached hydrogen (secondary N) is 1. The first-order chi connectivity index (χ1) is 9.33. The van der Waals surface area contributed by atoms with Crippen molar-refractivity contribution >= 4 is 16.1 Å². The number of likely N-dealkylation sites (tertiary alicyclic amines) is 1. The van der Waals surface area contributed by atoms with Gasteiger partial charge >= 0.3 is 6.09 Å². The summed E-state index contributed by atoms with van der Waals surface area (Å²) in [5.41, 5.74) is 0. The van der Waals surface area contributed by atoms with Crippen LogP contribution in [0.3, 0.4) is 0 Å². The summed E-state index contributed by atoms with van der Waals surface area (Å²) in [6.07, 6.45) is 2.44. The van der Waals surface area contributed by atoms with Gasteiger partial charge in [0.15, 0.2) is 0 Å². The van der Waals surface area contributed by atoms with Gasteiger partial charge < -0.3 is 9.64 Å². The van der Waals surface area contributed by atoms with Crippen LogP contribution in [-0.2, 0) is 14.8 Å². The molecular weight excluding hydrogens is 280 g/mol. The molecule has 2 fully saturated rings. The Bertz CT molecular complexity index is 461. The Kier molecular flexibility index (Phi) is 4.59. The fourth-order valence-corrected chi connectivity index (χ4v) is 3.99. The molecule has 116 valence electrons. The van der Waals surface area contributed by atoms with Crippen LogP contribution in [0.1, 0.15) is 46.5 Å². The van der Waals surface area contributed by atoms with Crippen molar-refractivity contribution < 1.29 is 17.9 Å². The molecule has 2 rings (SSSR count). The van der Waals surface area contributed by atoms with Crippen LogP contribution in [-0.4, -0.2) is 49.4 Å². The molecule has 1 unspecified atom stereocenters. The van der Waals surface area contributed by atoms with Gasteiger partial charge in [0.25, 0.3) is 0 Å². The number of nitrogens with zero attached hydrogens (tertiary/aromatic N) is 1. The summed E-state index contributed by atoms with van der Waals surface area (Å²) in [6, 6.07) is -0.196. The van der Waals surface area contributed by atoms with Crippen molar-refractivity contribution in [3.8, 4) is 0 Å². The lowest BCUT2D eigenvalue weighted by atomic mass is 10.2. The van der Waals surface area contributed by atoms with Crippen LogP contribution in [0, 0.1) is 0 Å². The highest BCUT2D eigenvalue weighted by Gasteiger charge is 2.40. The van der Waals surface area contributed by atoms with E-state index in [2.05, 4.69) is 4.72 Å². The van der Waals surface area contributed by atoms with Crippen molar-refractivity contribution in [3.05, 3.63) is 0 Å². The lowest BCUT2D eigenvalue weighted by molar-refractivity contribution is 0.0666. The monoisotopic (exact) mass is 304 g/mol. The van der Waals surface area contributed by atoms with Gasteiger partial charge in [-0.2, -0.15) is 0 Å². The molecular formula is C13H24N2O4S. The van der Waals surface area contributed by atoms with Crippen LogP contribution >= 0.6 is 0 Å². The fraction of sp³-hybridized carbons (Fsp3) is 0.923. The largest absolute Gasteiger partial charge is 0.446 e. The first-order valence-electron chi connectivity index (χ1n) is 7.32. The molecule has 1 heterocycles. The van der Waals surface area contributed by atoms with Crippen molar-refractivity contribution in [2.45, 2.75) is 69.9 Å². The molecule has 2 aliphatic rings. The van der Waals surface area contributed by atoms with Gasteiger partial charge in [0.05, 0.1) is 5.25 Å². The number of sulfonamides is 1. The predicted molar refractivity (Wildman–Crippen MR) is 75.9 cm³/mol. The summed E-state index contributed by atoms with van der Waals surface area (Å²) in [4.78, 5) is 13.6. The Labute approximate surface area is 120 Å². The van der Waals surface area contributed by atoms with Crippen LogP contribution in [0.4, 0.5) is 4.79 Å². The van der Waals surface area contributed by atoms with E-state index < -0.39 is 10.0 Å². The molecule has 1 aliphatic carbocycles. The minimum absolute atomic E-state index is 0.00143. The van der Waals surface area contributed by atoms with Gasteiger partial charge in [0.2, 0.25) is 10.0 Å². The number of hydrogen-bond acceptors (Lipinski definition) is 4. The van der Waals surface area contributed by atoms with Gasteiger partial charge in [-0.15, -0.1) is 0 Å². The van der Waals surface area contributed by atoms with Gasteiger partial charge in [-0.05, 0) is 39.5 Å². The van der Waals surface area contributed by atoms with Crippen LogP contribution in [0.5, 0.6) is 0 Å². The maximum Gasteiger partial charge on any atom is 0.410 e. The summed E-state index contributed by atoms with van der Waals surface area (Å²) < 4.78 is 31.8. The smallest absolute Gasteiger partial charge is 0.410 e. The van der Waals surface area contributed by atoms with Crippen LogP contribution in [0.15, 0.2) is 0 Å². The van der Waals surface area contributed by atoms with E-state index in [1.165, 1.54) is 0 Å². The van der Waals surface area contributed by atoms with E-state index in [0.29, 0.717) is 13.0 Å². The first kappa shape index (κ1) is 15.6. The zero-order chi connectivity index (χ0) is 14.9. The average Bonchev–Trinajstić information content (AvgIpc) is 3.14. The number of carbonyl (C=O) groups excluding carboxylic acids is 1. The third kappa shape index (κ3) is 3.63. The summed E-state index contributed by atoms with van der Waals surface area (Å²) in [6.45, 7) is 6.12. The molecule has 3 atom stereocenters. The van der Waals surface area contributed by atoms with Crippen LogP contribution in [0.2, 0.25) is 0 Å². The van der Waals surface area contributed by atoms with Crippen molar-refractivity contribution in [2.24, 2.45) is 0 Å². The van der Waals surface area contributed by atoms with Crippen molar-refractivity contribution in [1.82, 2.24) is 9.62 Å². The molecule has 6 nitrogen and oxygen atoms in total. The van der Waals surface area contributed by atoms with E-state index >= 15 is 0 Å². The van der Waals surface area contributed by atoms with E-state index in [4.69, 9.17) is 4.74 Å². The topological polar surface area (TPSA) is 75.7 Å². The summed E-state index contributed by atoms with van der Waals surface area (Å²) >= 11 is 0. The van der Waals surface area contributed by atoms with Gasteiger partial charge in [0, 0.05) is 18.6 Å². The molecule has 0 spiro atoms. The molecule has 0 bridgehead atoms. The normalized spacial score (nSPS) is 28.4. The standard InChI is InChI=1S/C13H24N2O4S/c1-4-10(3)19-13(16)15-8-11(7-9(15)2)14-20(17,18)12-5-6-12/h9-12,14H,4-8H2,1-3H3/t9-,10?,11+/m1/s1. The van der Waals surface area contributed by atoms with Crippen molar-refractivity contribution in [3.63, 3.8) is 0 Å². The third-order valence-corrected chi connectivity index (χ3v) is 5.99. The maximum atomic E-state index is 12.0. The Morgan fingerprint density at radius 2 is 2.10 bits per heavy atom. The number of carbonyl (C=O) groups is 1. The van der Waals surface area contributed by atoms with E-state index in [0.717, 1.165) is 19.3 Å². The molecule has 1 aliphatic heterocycles. The first-order valence-corrected chi connectivity index (χ1v) is 8.86. The molecule has 7 heteroatoms. The van der Waals surface area contributed by atoms with Crippen molar-refractivity contribution in [1.29, 1.82) is 0 Å². The number of rotatable bonds is 5. The molecule has 0 aromatic carbocycles. The average molecular weight is 304 g/mol. The second-order valence-corrected chi connectivity index (χ2v) is 7.89. The van der Waals surface area contributed by atoms with E-state index in [1.54, 1.807) is 4.90 Å². The van der Waals surface area contributed by atoms with Gasteiger partial charge in [-0.1, -0.05) is 6.92 Å². The second kappa shape index (κ2) is 5.89. The highest BCUT2D eigenvalue weighted by Crippen LogP contribution is 2.29. The highest BCUT2D eigenvalue weighted by atomic mass is 32.2. The van der Waals surface area contributed by atoms with Gasteiger partial charge in [0.1, 0.15) is 6.10 Å². The number of hydrogen-bond donors (Lipinski definition) is 1. The molecule has 0 aromatic rings. The van der Waals surface area contributed by atoms with E-state index in [1.807, 2.05) is 20.8 Å². The summed E-state index contributed by atoms with van der Waals surface area (Å²) in [5.74, 6) is 0. The lowest BCUT2D eigenvalue weighted by Gasteiger charge is -2.23. The Hall–Kier alpha value is -0.820. The lowest BCUT2D eigenvalue weighted by Crippen LogP contribution is -2.41. The molecule has 1 amide bonds. The maximum absolute atomic E-state index is 12.0. The van der Waals surface area contributed by atoms with Gasteiger partial charge in [-0.3, -0.25) is 0 Å². The fourth-order valence-electron chi connectivity index (χ4n) is 2.40. The Morgan fingerprint density at radius 1 is 1.45 bits per heavy atom. The quantitative estimate of drug-likeness (QED) is 0.834. The Balaban J connectivity index is 1.90. The summed E-state index contributed by atoms with van der Waals surface area (Å²) in [5, 5.41) is -0.223. The number of ether oxygens (including phenoxy) is 1. The molecule has 1 N–H and O–H groups in total.